The van der Waals surface area contributed by atoms with Crippen LogP contribution in [0.15, 0.2) is 23.0 Å². The van der Waals surface area contributed by atoms with E-state index in [0.29, 0.717) is 23.7 Å². The molecule has 3 nitrogen and oxygen atoms in total. The van der Waals surface area contributed by atoms with Gasteiger partial charge in [0.1, 0.15) is 5.56 Å². The lowest BCUT2D eigenvalue weighted by molar-refractivity contribution is 0.393. The van der Waals surface area contributed by atoms with Crippen molar-refractivity contribution in [2.24, 2.45) is 0 Å². The summed E-state index contributed by atoms with van der Waals surface area (Å²) in [6, 6.07) is 4.71. The second-order valence-electron chi connectivity index (χ2n) is 4.90. The third kappa shape index (κ3) is 2.17. The summed E-state index contributed by atoms with van der Waals surface area (Å²) < 4.78 is 17.5. The molecule has 1 aromatic carbocycles. The van der Waals surface area contributed by atoms with Crippen LogP contribution in [0.25, 0.3) is 11.1 Å². The Balaban J connectivity index is 2.22. The van der Waals surface area contributed by atoms with Crippen LogP contribution in [0.2, 0.25) is 10.0 Å². The van der Waals surface area contributed by atoms with E-state index in [1.165, 1.54) is 15.4 Å². The molecule has 0 amide bonds. The van der Waals surface area contributed by atoms with Crippen molar-refractivity contribution in [1.29, 1.82) is 0 Å². The highest BCUT2D eigenvalue weighted by atomic mass is 35.5. The highest BCUT2D eigenvalue weighted by molar-refractivity contribution is 6.36. The summed E-state index contributed by atoms with van der Waals surface area (Å²) in [5.41, 5.74) is 0.105. The van der Waals surface area contributed by atoms with Gasteiger partial charge in [-0.25, -0.2) is 4.68 Å². The minimum atomic E-state index is -0.513. The van der Waals surface area contributed by atoms with Crippen molar-refractivity contribution < 1.29 is 4.39 Å². The summed E-state index contributed by atoms with van der Waals surface area (Å²) in [7, 11) is 0. The molecule has 0 atom stereocenters. The second kappa shape index (κ2) is 5.26. The zero-order valence-corrected chi connectivity index (χ0v) is 12.2. The van der Waals surface area contributed by atoms with E-state index < -0.39 is 5.95 Å². The van der Waals surface area contributed by atoms with E-state index in [0.717, 1.165) is 19.3 Å². The topological polar surface area (TPSA) is 26.9 Å². The molecule has 0 saturated heterocycles. The molecule has 106 valence electrons. The van der Waals surface area contributed by atoms with Gasteiger partial charge in [0.15, 0.2) is 0 Å². The summed E-state index contributed by atoms with van der Waals surface area (Å²) in [6.07, 6.45) is 2.76. The van der Waals surface area contributed by atoms with Crippen molar-refractivity contribution in [3.05, 3.63) is 44.5 Å². The maximum absolute atomic E-state index is 14.6. The average molecular weight is 315 g/mol. The van der Waals surface area contributed by atoms with E-state index in [1.807, 2.05) is 0 Å². The lowest BCUT2D eigenvalue weighted by Gasteiger charge is -2.06. The van der Waals surface area contributed by atoms with Gasteiger partial charge in [-0.1, -0.05) is 29.3 Å². The number of nitrogens with zero attached hydrogens (tertiary/aromatic N) is 2. The highest BCUT2D eigenvalue weighted by Gasteiger charge is 2.23. The molecule has 0 unspecified atom stereocenters. The average Bonchev–Trinajstić information content (AvgIpc) is 2.61. The maximum Gasteiger partial charge on any atom is 0.277 e. The minimum absolute atomic E-state index is 0.0357. The highest BCUT2D eigenvalue weighted by Crippen LogP contribution is 2.30. The summed E-state index contributed by atoms with van der Waals surface area (Å²) in [5, 5.41) is 0.745. The van der Waals surface area contributed by atoms with E-state index in [4.69, 9.17) is 23.2 Å². The Kier molecular flexibility index (Phi) is 3.61. The van der Waals surface area contributed by atoms with Gasteiger partial charge in [0.05, 0.1) is 5.02 Å². The molecule has 20 heavy (non-hydrogen) atoms. The minimum Gasteiger partial charge on any atom is -0.267 e. The predicted molar refractivity (Wildman–Crippen MR) is 78.0 cm³/mol. The van der Waals surface area contributed by atoms with Crippen molar-refractivity contribution in [1.82, 2.24) is 9.36 Å². The van der Waals surface area contributed by atoms with Crippen LogP contribution >= 0.6 is 23.2 Å². The standard InChI is InChI=1S/C14H13Cl2FN2O/c15-9-4-5-10(11(16)8-9)12-13(17)18-6-2-1-3-7-19(18)14(12)20/h4-5,8H,1-3,6-7H2. The SMILES string of the molecule is O=c1c(-c2ccc(Cl)cc2Cl)c(F)n2n1CCCCC2. The van der Waals surface area contributed by atoms with E-state index in [-0.39, 0.29) is 16.1 Å². The van der Waals surface area contributed by atoms with Crippen molar-refractivity contribution in [3.8, 4) is 11.1 Å². The Bertz CT molecular complexity index is 721. The van der Waals surface area contributed by atoms with Gasteiger partial charge in [0.25, 0.3) is 5.56 Å². The first kappa shape index (κ1) is 13.7. The van der Waals surface area contributed by atoms with Gasteiger partial charge in [-0.3, -0.25) is 9.48 Å². The Morgan fingerprint density at radius 2 is 1.75 bits per heavy atom. The third-order valence-electron chi connectivity index (χ3n) is 3.61. The lowest BCUT2D eigenvalue weighted by Crippen LogP contribution is -2.22. The van der Waals surface area contributed by atoms with Crippen molar-refractivity contribution >= 4 is 23.2 Å². The molecule has 1 aliphatic rings. The first-order valence-corrected chi connectivity index (χ1v) is 7.29. The lowest BCUT2D eigenvalue weighted by atomic mass is 10.1. The van der Waals surface area contributed by atoms with Crippen molar-refractivity contribution in [2.45, 2.75) is 32.4 Å². The van der Waals surface area contributed by atoms with E-state index in [9.17, 15) is 9.18 Å². The zero-order chi connectivity index (χ0) is 14.3. The maximum atomic E-state index is 14.6. The number of halogens is 3. The number of rotatable bonds is 1. The monoisotopic (exact) mass is 314 g/mol. The third-order valence-corrected chi connectivity index (χ3v) is 4.16. The van der Waals surface area contributed by atoms with Gasteiger partial charge < -0.3 is 0 Å². The molecular weight excluding hydrogens is 302 g/mol. The molecule has 2 heterocycles. The van der Waals surface area contributed by atoms with E-state index in [1.54, 1.807) is 12.1 Å². The van der Waals surface area contributed by atoms with Crippen LogP contribution in [0, 0.1) is 5.95 Å². The largest absolute Gasteiger partial charge is 0.277 e. The number of fused-ring (bicyclic) bond motifs is 1. The van der Waals surface area contributed by atoms with E-state index >= 15 is 0 Å². The van der Waals surface area contributed by atoms with Crippen LogP contribution in [0.1, 0.15) is 19.3 Å². The van der Waals surface area contributed by atoms with Crippen LogP contribution in [-0.2, 0) is 13.1 Å². The van der Waals surface area contributed by atoms with E-state index in [2.05, 4.69) is 0 Å². The van der Waals surface area contributed by atoms with Crippen LogP contribution < -0.4 is 5.56 Å². The number of benzene rings is 1. The van der Waals surface area contributed by atoms with Gasteiger partial charge in [-0.05, 0) is 31.4 Å². The fourth-order valence-electron chi connectivity index (χ4n) is 2.62. The quantitative estimate of drug-likeness (QED) is 0.783. The number of hydrogen-bond acceptors (Lipinski definition) is 1. The first-order chi connectivity index (χ1) is 9.59. The van der Waals surface area contributed by atoms with Crippen molar-refractivity contribution in [2.75, 3.05) is 0 Å². The van der Waals surface area contributed by atoms with Crippen molar-refractivity contribution in [3.63, 3.8) is 0 Å². The molecule has 0 saturated carbocycles. The molecule has 0 N–H and O–H groups in total. The molecule has 3 rings (SSSR count). The summed E-state index contributed by atoms with van der Waals surface area (Å²) >= 11 is 11.9. The summed E-state index contributed by atoms with van der Waals surface area (Å²) in [4.78, 5) is 12.4. The molecule has 0 fully saturated rings. The summed E-state index contributed by atoms with van der Waals surface area (Å²) in [6.45, 7) is 1.06. The fourth-order valence-corrected chi connectivity index (χ4v) is 3.12. The molecule has 6 heteroatoms. The van der Waals surface area contributed by atoms with Crippen LogP contribution in [0.5, 0.6) is 0 Å². The second-order valence-corrected chi connectivity index (χ2v) is 5.75. The smallest absolute Gasteiger partial charge is 0.267 e. The van der Waals surface area contributed by atoms with Gasteiger partial charge in [-0.15, -0.1) is 0 Å². The molecule has 0 bridgehead atoms. The molecule has 0 spiro atoms. The van der Waals surface area contributed by atoms with Gasteiger partial charge in [0.2, 0.25) is 5.95 Å². The molecule has 0 radical (unpaired) electrons. The molecule has 1 aromatic heterocycles. The van der Waals surface area contributed by atoms with Gasteiger partial charge >= 0.3 is 0 Å². The molecule has 1 aliphatic heterocycles. The fraction of sp³-hybridized carbons (Fsp3) is 0.357. The molecule has 2 aromatic rings. The Hall–Kier alpha value is -1.26. The molecular formula is C14H13Cl2FN2O. The van der Waals surface area contributed by atoms with Crippen LogP contribution in [0.4, 0.5) is 4.39 Å². The van der Waals surface area contributed by atoms with Crippen LogP contribution in [-0.4, -0.2) is 9.36 Å². The zero-order valence-electron chi connectivity index (χ0n) is 10.7. The molecule has 0 aliphatic carbocycles. The summed E-state index contributed by atoms with van der Waals surface area (Å²) in [5.74, 6) is -0.513. The normalized spacial score (nSPS) is 14.9. The van der Waals surface area contributed by atoms with Crippen LogP contribution in [0.3, 0.4) is 0 Å². The predicted octanol–water partition coefficient (Wildman–Crippen LogP) is 3.95. The van der Waals surface area contributed by atoms with Gasteiger partial charge in [-0.2, -0.15) is 4.39 Å². The Morgan fingerprint density at radius 3 is 2.45 bits per heavy atom. The Morgan fingerprint density at radius 1 is 1.05 bits per heavy atom. The number of aromatic nitrogens is 2. The first-order valence-electron chi connectivity index (χ1n) is 6.54. The number of hydrogen-bond donors (Lipinski definition) is 0. The Labute approximate surface area is 125 Å². The van der Waals surface area contributed by atoms with Gasteiger partial charge in [0, 0.05) is 23.7 Å².